The van der Waals surface area contributed by atoms with Gasteiger partial charge in [-0.25, -0.2) is 0 Å². The summed E-state index contributed by atoms with van der Waals surface area (Å²) >= 11 is 0. The average Bonchev–Trinajstić information content (AvgIpc) is 2.63. The fourth-order valence-electron chi connectivity index (χ4n) is 3.07. The van der Waals surface area contributed by atoms with Crippen molar-refractivity contribution in [2.24, 2.45) is 5.92 Å². The van der Waals surface area contributed by atoms with Gasteiger partial charge in [0.25, 0.3) is 5.91 Å². The van der Waals surface area contributed by atoms with E-state index in [1.54, 1.807) is 6.07 Å². The molecule has 0 aromatic heterocycles. The number of hydrogen-bond acceptors (Lipinski definition) is 3. The van der Waals surface area contributed by atoms with Gasteiger partial charge in [-0.1, -0.05) is 24.3 Å². The third kappa shape index (κ3) is 4.89. The van der Waals surface area contributed by atoms with E-state index in [1.807, 2.05) is 54.3 Å². The fraction of sp³-hybridized carbons (Fsp3) is 0.350. The highest BCUT2D eigenvalue weighted by atomic mass is 35.5. The number of benzene rings is 2. The second-order valence-electron chi connectivity index (χ2n) is 6.43. The van der Waals surface area contributed by atoms with Crippen molar-refractivity contribution in [3.05, 3.63) is 59.7 Å². The average molecular weight is 361 g/mol. The topological polar surface area (TPSA) is 55.6 Å². The van der Waals surface area contributed by atoms with E-state index in [0.717, 1.165) is 37.2 Å². The normalized spacial score (nSPS) is 14.7. The van der Waals surface area contributed by atoms with Crippen molar-refractivity contribution in [3.8, 4) is 5.75 Å². The van der Waals surface area contributed by atoms with Crippen LogP contribution in [0.4, 0.5) is 5.69 Å². The van der Waals surface area contributed by atoms with Gasteiger partial charge in [0.1, 0.15) is 5.75 Å². The molecule has 1 aliphatic heterocycles. The van der Waals surface area contributed by atoms with Crippen LogP contribution in [-0.4, -0.2) is 30.5 Å². The Bertz CT molecular complexity index is 698. The van der Waals surface area contributed by atoms with Crippen LogP contribution in [0.1, 0.15) is 28.8 Å². The molecule has 3 rings (SSSR count). The van der Waals surface area contributed by atoms with Crippen LogP contribution >= 0.6 is 12.4 Å². The molecular formula is C20H25ClN2O2. The van der Waals surface area contributed by atoms with Gasteiger partial charge in [0.15, 0.2) is 0 Å². The van der Waals surface area contributed by atoms with Crippen LogP contribution in [0.15, 0.2) is 48.5 Å². The van der Waals surface area contributed by atoms with Crippen LogP contribution in [0, 0.1) is 12.8 Å². The molecule has 1 heterocycles. The number of halogens is 1. The minimum absolute atomic E-state index is 0. The summed E-state index contributed by atoms with van der Waals surface area (Å²) in [5.74, 6) is 1.49. The fourth-order valence-corrected chi connectivity index (χ4v) is 3.07. The van der Waals surface area contributed by atoms with E-state index < -0.39 is 0 Å². The number of rotatable bonds is 4. The molecule has 134 valence electrons. The van der Waals surface area contributed by atoms with Gasteiger partial charge in [-0.2, -0.15) is 0 Å². The standard InChI is InChI=1S/C20H24N2O2.ClH/c1-15-7-8-17(21)13-19(15)20(23)22-11-9-16(10-12-22)14-24-18-5-3-2-4-6-18;/h2-8,13,16H,9-12,14,21H2,1H3;1H. The van der Waals surface area contributed by atoms with Crippen molar-refractivity contribution in [2.45, 2.75) is 19.8 Å². The summed E-state index contributed by atoms with van der Waals surface area (Å²) in [4.78, 5) is 14.6. The number of amides is 1. The Morgan fingerprint density at radius 2 is 1.84 bits per heavy atom. The molecule has 0 radical (unpaired) electrons. The summed E-state index contributed by atoms with van der Waals surface area (Å²) in [6, 6.07) is 15.4. The first-order chi connectivity index (χ1) is 11.6. The molecule has 0 aliphatic carbocycles. The Hall–Kier alpha value is -2.20. The molecule has 0 spiro atoms. The van der Waals surface area contributed by atoms with Gasteiger partial charge in [0.2, 0.25) is 0 Å². The Morgan fingerprint density at radius 3 is 2.52 bits per heavy atom. The minimum Gasteiger partial charge on any atom is -0.493 e. The number of hydrogen-bond donors (Lipinski definition) is 1. The van der Waals surface area contributed by atoms with Crippen LogP contribution in [0.25, 0.3) is 0 Å². The van der Waals surface area contributed by atoms with Crippen molar-refractivity contribution in [3.63, 3.8) is 0 Å². The van der Waals surface area contributed by atoms with Crippen LogP contribution in [-0.2, 0) is 0 Å². The lowest BCUT2D eigenvalue weighted by Crippen LogP contribution is -2.40. The van der Waals surface area contributed by atoms with Crippen LogP contribution in [0.5, 0.6) is 5.75 Å². The highest BCUT2D eigenvalue weighted by Gasteiger charge is 2.25. The van der Waals surface area contributed by atoms with Gasteiger partial charge in [-0.15, -0.1) is 12.4 Å². The van der Waals surface area contributed by atoms with E-state index in [2.05, 4.69) is 0 Å². The number of nitrogen functional groups attached to an aromatic ring is 1. The Kier molecular flexibility index (Phi) is 6.71. The van der Waals surface area contributed by atoms with Crippen molar-refractivity contribution in [1.82, 2.24) is 4.90 Å². The van der Waals surface area contributed by atoms with E-state index >= 15 is 0 Å². The molecule has 2 aromatic rings. The lowest BCUT2D eigenvalue weighted by Gasteiger charge is -2.32. The SMILES string of the molecule is Cc1ccc(N)cc1C(=O)N1CCC(COc2ccccc2)CC1.Cl. The number of aryl methyl sites for hydroxylation is 1. The van der Waals surface area contributed by atoms with Gasteiger partial charge in [0.05, 0.1) is 6.61 Å². The molecule has 1 amide bonds. The van der Waals surface area contributed by atoms with Crippen molar-refractivity contribution in [1.29, 1.82) is 0 Å². The van der Waals surface area contributed by atoms with E-state index in [4.69, 9.17) is 10.5 Å². The van der Waals surface area contributed by atoms with Gasteiger partial charge in [0, 0.05) is 24.3 Å². The number of para-hydroxylation sites is 1. The molecule has 1 saturated heterocycles. The first-order valence-corrected chi connectivity index (χ1v) is 8.47. The Balaban J connectivity index is 0.00000225. The third-order valence-electron chi connectivity index (χ3n) is 4.62. The second-order valence-corrected chi connectivity index (χ2v) is 6.43. The van der Waals surface area contributed by atoms with E-state index in [9.17, 15) is 4.79 Å². The summed E-state index contributed by atoms with van der Waals surface area (Å²) in [5, 5.41) is 0. The molecule has 5 heteroatoms. The van der Waals surface area contributed by atoms with Crippen LogP contribution in [0.2, 0.25) is 0 Å². The first kappa shape index (κ1) is 19.1. The highest BCUT2D eigenvalue weighted by molar-refractivity contribution is 5.96. The number of ether oxygens (including phenoxy) is 1. The van der Waals surface area contributed by atoms with Crippen LogP contribution in [0.3, 0.4) is 0 Å². The smallest absolute Gasteiger partial charge is 0.254 e. The predicted molar refractivity (Wildman–Crippen MR) is 103 cm³/mol. The van der Waals surface area contributed by atoms with Crippen molar-refractivity contribution in [2.75, 3.05) is 25.4 Å². The van der Waals surface area contributed by atoms with Gasteiger partial charge < -0.3 is 15.4 Å². The van der Waals surface area contributed by atoms with Crippen LogP contribution < -0.4 is 10.5 Å². The Morgan fingerprint density at radius 1 is 1.16 bits per heavy atom. The summed E-state index contributed by atoms with van der Waals surface area (Å²) in [5.41, 5.74) is 8.15. The number of carbonyl (C=O) groups excluding carboxylic acids is 1. The van der Waals surface area contributed by atoms with Gasteiger partial charge >= 0.3 is 0 Å². The number of anilines is 1. The van der Waals surface area contributed by atoms with Gasteiger partial charge in [-0.3, -0.25) is 4.79 Å². The lowest BCUT2D eigenvalue weighted by atomic mass is 9.96. The Labute approximate surface area is 155 Å². The van der Waals surface area contributed by atoms with E-state index in [0.29, 0.717) is 23.8 Å². The molecule has 25 heavy (non-hydrogen) atoms. The lowest BCUT2D eigenvalue weighted by molar-refractivity contribution is 0.0660. The zero-order valence-corrected chi connectivity index (χ0v) is 15.3. The molecule has 1 fully saturated rings. The maximum atomic E-state index is 12.7. The molecule has 4 nitrogen and oxygen atoms in total. The number of nitrogens with zero attached hydrogens (tertiary/aromatic N) is 1. The largest absolute Gasteiger partial charge is 0.493 e. The van der Waals surface area contributed by atoms with Gasteiger partial charge in [-0.05, 0) is 55.5 Å². The molecule has 0 saturated carbocycles. The number of likely N-dealkylation sites (tertiary alicyclic amines) is 1. The zero-order chi connectivity index (χ0) is 16.9. The van der Waals surface area contributed by atoms with E-state index in [-0.39, 0.29) is 18.3 Å². The summed E-state index contributed by atoms with van der Waals surface area (Å²) in [7, 11) is 0. The molecule has 0 bridgehead atoms. The summed E-state index contributed by atoms with van der Waals surface area (Å²) in [6.45, 7) is 4.21. The van der Waals surface area contributed by atoms with Crippen molar-refractivity contribution >= 4 is 24.0 Å². The summed E-state index contributed by atoms with van der Waals surface area (Å²) < 4.78 is 5.84. The maximum absolute atomic E-state index is 12.7. The van der Waals surface area contributed by atoms with E-state index in [1.165, 1.54) is 0 Å². The molecule has 2 aromatic carbocycles. The maximum Gasteiger partial charge on any atom is 0.254 e. The molecule has 1 aliphatic rings. The second kappa shape index (κ2) is 8.77. The summed E-state index contributed by atoms with van der Waals surface area (Å²) in [6.07, 6.45) is 1.94. The molecule has 0 atom stereocenters. The number of carbonyl (C=O) groups is 1. The van der Waals surface area contributed by atoms with Crippen molar-refractivity contribution < 1.29 is 9.53 Å². The third-order valence-corrected chi connectivity index (χ3v) is 4.62. The number of piperidine rings is 1. The highest BCUT2D eigenvalue weighted by Crippen LogP contribution is 2.22. The molecular weight excluding hydrogens is 336 g/mol. The zero-order valence-electron chi connectivity index (χ0n) is 14.5. The quantitative estimate of drug-likeness (QED) is 0.840. The first-order valence-electron chi connectivity index (χ1n) is 8.47. The predicted octanol–water partition coefficient (Wildman–Crippen LogP) is 3.93. The molecule has 0 unspecified atom stereocenters. The monoisotopic (exact) mass is 360 g/mol. The number of nitrogens with two attached hydrogens (primary N) is 1. The minimum atomic E-state index is 0. The molecule has 2 N–H and O–H groups in total.